The van der Waals surface area contributed by atoms with Crippen molar-refractivity contribution in [3.63, 3.8) is 0 Å². The fraction of sp³-hybridized carbons (Fsp3) is 0.0714. The Kier molecular flexibility index (Phi) is 3.61. The third-order valence-electron chi connectivity index (χ3n) is 3.06. The topological polar surface area (TPSA) is 43.3 Å². The number of nitrogens with two attached hydrogens (primary N) is 1. The molecule has 3 nitrogen and oxygen atoms in total. The number of pyridine rings is 1. The minimum Gasteiger partial charge on any atom is -0.325 e. The van der Waals surface area contributed by atoms with Gasteiger partial charge in [-0.25, -0.2) is 4.98 Å². The number of hydrogen-bond acceptors (Lipinski definition) is 2. The molecule has 0 amide bonds. The maximum absolute atomic E-state index is 6.25. The molecule has 2 heterocycles. The summed E-state index contributed by atoms with van der Waals surface area (Å²) < 4.78 is 1.88. The van der Waals surface area contributed by atoms with Gasteiger partial charge in [0, 0.05) is 23.3 Å². The standard InChI is InChI=1S/C14H10Cl3N3/c15-8-1-3-10(11(17)5-8)14-12(6-18)20-7-9(16)2-4-13(20)19-14/h1-5,7H,6,18H2. The third-order valence-corrected chi connectivity index (χ3v) is 3.83. The lowest BCUT2D eigenvalue weighted by Crippen LogP contribution is -2.02. The van der Waals surface area contributed by atoms with E-state index in [1.807, 2.05) is 16.5 Å². The van der Waals surface area contributed by atoms with Gasteiger partial charge in [-0.05, 0) is 30.3 Å². The average molecular weight is 327 g/mol. The van der Waals surface area contributed by atoms with Gasteiger partial charge in [-0.15, -0.1) is 0 Å². The van der Waals surface area contributed by atoms with E-state index in [9.17, 15) is 0 Å². The molecule has 0 saturated carbocycles. The largest absolute Gasteiger partial charge is 0.325 e. The van der Waals surface area contributed by atoms with Crippen LogP contribution < -0.4 is 5.73 Å². The molecule has 0 atom stereocenters. The van der Waals surface area contributed by atoms with Gasteiger partial charge in [0.05, 0.1) is 21.4 Å². The minimum atomic E-state index is 0.329. The normalized spacial score (nSPS) is 11.2. The van der Waals surface area contributed by atoms with Gasteiger partial charge in [0.25, 0.3) is 0 Å². The number of fused-ring (bicyclic) bond motifs is 1. The van der Waals surface area contributed by atoms with Crippen LogP contribution in [0, 0.1) is 0 Å². The van der Waals surface area contributed by atoms with E-state index in [1.165, 1.54) is 0 Å². The van der Waals surface area contributed by atoms with Gasteiger partial charge in [0.2, 0.25) is 0 Å². The van der Waals surface area contributed by atoms with Crippen LogP contribution in [0.25, 0.3) is 16.9 Å². The van der Waals surface area contributed by atoms with E-state index in [0.717, 1.165) is 22.6 Å². The summed E-state index contributed by atoms with van der Waals surface area (Å²) in [5, 5.41) is 1.75. The van der Waals surface area contributed by atoms with Crippen molar-refractivity contribution in [3.05, 3.63) is 57.3 Å². The van der Waals surface area contributed by atoms with Crippen LogP contribution in [0.5, 0.6) is 0 Å². The average Bonchev–Trinajstić information content (AvgIpc) is 2.76. The van der Waals surface area contributed by atoms with Crippen LogP contribution in [0.15, 0.2) is 36.5 Å². The van der Waals surface area contributed by atoms with E-state index in [-0.39, 0.29) is 0 Å². The van der Waals surface area contributed by atoms with Crippen molar-refractivity contribution in [3.8, 4) is 11.3 Å². The summed E-state index contributed by atoms with van der Waals surface area (Å²) in [6, 6.07) is 8.94. The fourth-order valence-corrected chi connectivity index (χ4v) is 2.82. The Bertz CT molecular complexity index is 796. The fourth-order valence-electron chi connectivity index (χ4n) is 2.16. The molecule has 0 aliphatic carbocycles. The Morgan fingerprint density at radius 2 is 1.80 bits per heavy atom. The van der Waals surface area contributed by atoms with Gasteiger partial charge in [0.1, 0.15) is 5.65 Å². The van der Waals surface area contributed by atoms with E-state index in [0.29, 0.717) is 21.6 Å². The number of aromatic nitrogens is 2. The van der Waals surface area contributed by atoms with Crippen molar-refractivity contribution in [1.82, 2.24) is 9.38 Å². The zero-order chi connectivity index (χ0) is 14.3. The SMILES string of the molecule is NCc1c(-c2ccc(Cl)cc2Cl)nc2ccc(Cl)cn12. The highest BCUT2D eigenvalue weighted by Gasteiger charge is 2.15. The molecule has 0 saturated heterocycles. The summed E-state index contributed by atoms with van der Waals surface area (Å²) in [5.74, 6) is 0. The molecule has 0 aliphatic heterocycles. The Balaban J connectivity index is 2.30. The predicted octanol–water partition coefficient (Wildman–Crippen LogP) is 4.42. The van der Waals surface area contributed by atoms with E-state index in [2.05, 4.69) is 4.98 Å². The molecule has 3 rings (SSSR count). The number of hydrogen-bond donors (Lipinski definition) is 1. The molecular formula is C14H10Cl3N3. The van der Waals surface area contributed by atoms with Gasteiger partial charge >= 0.3 is 0 Å². The lowest BCUT2D eigenvalue weighted by atomic mass is 10.1. The molecule has 0 spiro atoms. The maximum atomic E-state index is 6.25. The van der Waals surface area contributed by atoms with Gasteiger partial charge in [-0.2, -0.15) is 0 Å². The summed E-state index contributed by atoms with van der Waals surface area (Å²) >= 11 is 18.2. The zero-order valence-corrected chi connectivity index (χ0v) is 12.5. The number of halogens is 3. The predicted molar refractivity (Wildman–Crippen MR) is 83.5 cm³/mol. The highest BCUT2D eigenvalue weighted by Crippen LogP contribution is 2.32. The van der Waals surface area contributed by atoms with E-state index < -0.39 is 0 Å². The first-order chi connectivity index (χ1) is 9.60. The Hall–Kier alpha value is -1.26. The zero-order valence-electron chi connectivity index (χ0n) is 10.3. The number of rotatable bonds is 2. The Morgan fingerprint density at radius 3 is 2.50 bits per heavy atom. The first-order valence-corrected chi connectivity index (χ1v) is 7.05. The van der Waals surface area contributed by atoms with Gasteiger partial charge in [-0.1, -0.05) is 34.8 Å². The van der Waals surface area contributed by atoms with Crippen LogP contribution in [0.4, 0.5) is 0 Å². The highest BCUT2D eigenvalue weighted by molar-refractivity contribution is 6.36. The second kappa shape index (κ2) is 5.26. The number of nitrogens with zero attached hydrogens (tertiary/aromatic N) is 2. The van der Waals surface area contributed by atoms with Crippen LogP contribution >= 0.6 is 34.8 Å². The van der Waals surface area contributed by atoms with Crippen LogP contribution in [0.1, 0.15) is 5.69 Å². The third kappa shape index (κ3) is 2.27. The molecule has 20 heavy (non-hydrogen) atoms. The van der Waals surface area contributed by atoms with Gasteiger partial charge in [-0.3, -0.25) is 0 Å². The first-order valence-electron chi connectivity index (χ1n) is 5.92. The lowest BCUT2D eigenvalue weighted by molar-refractivity contribution is 0.962. The molecule has 6 heteroatoms. The van der Waals surface area contributed by atoms with Crippen LogP contribution in [0.3, 0.4) is 0 Å². The van der Waals surface area contributed by atoms with E-state index in [4.69, 9.17) is 40.5 Å². The van der Waals surface area contributed by atoms with Crippen molar-refractivity contribution in [2.75, 3.05) is 0 Å². The second-order valence-corrected chi connectivity index (χ2v) is 5.59. The molecule has 2 aromatic heterocycles. The summed E-state index contributed by atoms with van der Waals surface area (Å²) in [6.45, 7) is 0.329. The van der Waals surface area contributed by atoms with Crippen molar-refractivity contribution >= 4 is 40.4 Å². The summed E-state index contributed by atoms with van der Waals surface area (Å²) in [6.07, 6.45) is 1.79. The molecule has 0 radical (unpaired) electrons. The summed E-state index contributed by atoms with van der Waals surface area (Å²) in [4.78, 5) is 4.58. The molecule has 0 aliphatic rings. The first kappa shape index (κ1) is 13.7. The molecule has 2 N–H and O–H groups in total. The summed E-state index contributed by atoms with van der Waals surface area (Å²) in [5.41, 5.74) is 9.03. The van der Waals surface area contributed by atoms with E-state index >= 15 is 0 Å². The van der Waals surface area contributed by atoms with Gasteiger partial charge in [0.15, 0.2) is 0 Å². The smallest absolute Gasteiger partial charge is 0.137 e. The second-order valence-electron chi connectivity index (χ2n) is 4.31. The number of benzene rings is 1. The van der Waals surface area contributed by atoms with Crippen molar-refractivity contribution < 1.29 is 0 Å². The lowest BCUT2D eigenvalue weighted by Gasteiger charge is -2.05. The van der Waals surface area contributed by atoms with Crippen LogP contribution in [0.2, 0.25) is 15.1 Å². The highest BCUT2D eigenvalue weighted by atomic mass is 35.5. The molecule has 102 valence electrons. The molecular weight excluding hydrogens is 317 g/mol. The Morgan fingerprint density at radius 1 is 1.05 bits per heavy atom. The van der Waals surface area contributed by atoms with Crippen molar-refractivity contribution in [2.24, 2.45) is 5.73 Å². The van der Waals surface area contributed by atoms with Crippen molar-refractivity contribution in [2.45, 2.75) is 6.54 Å². The van der Waals surface area contributed by atoms with Gasteiger partial charge < -0.3 is 10.1 Å². The number of imidazole rings is 1. The van der Waals surface area contributed by atoms with Crippen LogP contribution in [-0.2, 0) is 6.54 Å². The molecule has 1 aromatic carbocycles. The summed E-state index contributed by atoms with van der Waals surface area (Å²) in [7, 11) is 0. The molecule has 0 unspecified atom stereocenters. The van der Waals surface area contributed by atoms with E-state index in [1.54, 1.807) is 24.4 Å². The van der Waals surface area contributed by atoms with Crippen LogP contribution in [-0.4, -0.2) is 9.38 Å². The maximum Gasteiger partial charge on any atom is 0.137 e. The molecule has 0 bridgehead atoms. The monoisotopic (exact) mass is 325 g/mol. The molecule has 3 aromatic rings. The quantitative estimate of drug-likeness (QED) is 0.757. The molecule has 0 fully saturated rings. The van der Waals surface area contributed by atoms with Crippen molar-refractivity contribution in [1.29, 1.82) is 0 Å². The minimum absolute atomic E-state index is 0.329. The Labute approximate surface area is 130 Å².